The molecule has 76 valence electrons. The van der Waals surface area contributed by atoms with Gasteiger partial charge in [0, 0.05) is 24.8 Å². The third-order valence-corrected chi connectivity index (χ3v) is 2.54. The lowest BCUT2D eigenvalue weighted by Gasteiger charge is -2.40. The Labute approximate surface area is 84.9 Å². The Morgan fingerprint density at radius 2 is 2.14 bits per heavy atom. The molecule has 1 aromatic carbocycles. The van der Waals surface area contributed by atoms with E-state index in [2.05, 4.69) is 37.2 Å². The first kappa shape index (κ1) is 9.19. The normalized spacial score (nSPS) is 18.6. The molecule has 0 aromatic heterocycles. The number of hydrogen-bond acceptors (Lipinski definition) is 3. The molecular weight excluding hydrogens is 174 g/mol. The first-order valence-corrected chi connectivity index (χ1v) is 4.87. The zero-order chi connectivity index (χ0) is 10.3. The SMILES string of the molecule is CN1CC(C)(C)Nc2cc(N)ccc21. The van der Waals surface area contributed by atoms with Crippen LogP contribution in [0.2, 0.25) is 0 Å². The van der Waals surface area contributed by atoms with Crippen LogP contribution in [0.5, 0.6) is 0 Å². The van der Waals surface area contributed by atoms with E-state index < -0.39 is 0 Å². The molecule has 3 N–H and O–H groups in total. The van der Waals surface area contributed by atoms with Crippen LogP contribution in [0.4, 0.5) is 17.1 Å². The Kier molecular flexibility index (Phi) is 1.84. The summed E-state index contributed by atoms with van der Waals surface area (Å²) in [5.41, 5.74) is 9.02. The van der Waals surface area contributed by atoms with Gasteiger partial charge < -0.3 is 16.0 Å². The summed E-state index contributed by atoms with van der Waals surface area (Å²) < 4.78 is 0. The van der Waals surface area contributed by atoms with E-state index in [0.717, 1.165) is 17.9 Å². The number of anilines is 3. The van der Waals surface area contributed by atoms with Crippen LogP contribution in [-0.4, -0.2) is 19.1 Å². The molecule has 0 saturated heterocycles. The molecule has 0 bridgehead atoms. The minimum Gasteiger partial charge on any atom is -0.399 e. The lowest BCUT2D eigenvalue weighted by molar-refractivity contribution is 0.550. The van der Waals surface area contributed by atoms with Crippen molar-refractivity contribution in [2.45, 2.75) is 19.4 Å². The molecule has 3 nitrogen and oxygen atoms in total. The zero-order valence-corrected chi connectivity index (χ0v) is 8.96. The monoisotopic (exact) mass is 191 g/mol. The number of likely N-dealkylation sites (N-methyl/N-ethyl adjacent to an activating group) is 1. The summed E-state index contributed by atoms with van der Waals surface area (Å²) in [6.45, 7) is 5.38. The van der Waals surface area contributed by atoms with Crippen molar-refractivity contribution in [2.75, 3.05) is 29.5 Å². The van der Waals surface area contributed by atoms with Crippen molar-refractivity contribution in [1.29, 1.82) is 0 Å². The number of nitrogens with zero attached hydrogens (tertiary/aromatic N) is 1. The van der Waals surface area contributed by atoms with E-state index in [1.54, 1.807) is 0 Å². The number of rotatable bonds is 0. The first-order chi connectivity index (χ1) is 6.48. The van der Waals surface area contributed by atoms with Gasteiger partial charge in [0.25, 0.3) is 0 Å². The predicted octanol–water partition coefficient (Wildman–Crippen LogP) is 1.91. The molecule has 0 spiro atoms. The second-order valence-corrected chi connectivity index (χ2v) is 4.64. The molecule has 1 aliphatic rings. The van der Waals surface area contributed by atoms with E-state index in [-0.39, 0.29) is 5.54 Å². The minimum absolute atomic E-state index is 0.107. The summed E-state index contributed by atoms with van der Waals surface area (Å²) in [6.07, 6.45) is 0. The molecule has 3 heteroatoms. The lowest BCUT2D eigenvalue weighted by Crippen LogP contribution is -2.46. The maximum Gasteiger partial charge on any atom is 0.0603 e. The summed E-state index contributed by atoms with van der Waals surface area (Å²) in [7, 11) is 2.11. The highest BCUT2D eigenvalue weighted by atomic mass is 15.2. The van der Waals surface area contributed by atoms with Crippen LogP contribution < -0.4 is 16.0 Å². The Bertz CT molecular complexity index is 358. The minimum atomic E-state index is 0.107. The fraction of sp³-hybridized carbons (Fsp3) is 0.455. The quantitative estimate of drug-likeness (QED) is 0.615. The maximum atomic E-state index is 5.76. The van der Waals surface area contributed by atoms with E-state index in [9.17, 15) is 0 Å². The summed E-state index contributed by atoms with van der Waals surface area (Å²) in [5.74, 6) is 0. The van der Waals surface area contributed by atoms with Gasteiger partial charge in [0.05, 0.1) is 11.4 Å². The van der Waals surface area contributed by atoms with Crippen LogP contribution >= 0.6 is 0 Å². The van der Waals surface area contributed by atoms with Gasteiger partial charge in [-0.1, -0.05) is 0 Å². The van der Waals surface area contributed by atoms with Gasteiger partial charge in [-0.2, -0.15) is 0 Å². The molecule has 1 heterocycles. The molecular formula is C11H17N3. The van der Waals surface area contributed by atoms with E-state index in [0.29, 0.717) is 0 Å². The standard InChI is InChI=1S/C11H17N3/c1-11(2)7-14(3)10-5-4-8(12)6-9(10)13-11/h4-6,13H,7,12H2,1-3H3. The molecule has 1 aliphatic heterocycles. The zero-order valence-electron chi connectivity index (χ0n) is 8.96. The smallest absolute Gasteiger partial charge is 0.0603 e. The van der Waals surface area contributed by atoms with Crippen LogP contribution in [-0.2, 0) is 0 Å². The average molecular weight is 191 g/mol. The number of benzene rings is 1. The van der Waals surface area contributed by atoms with Crippen molar-refractivity contribution in [3.05, 3.63) is 18.2 Å². The van der Waals surface area contributed by atoms with Gasteiger partial charge in [-0.3, -0.25) is 0 Å². The van der Waals surface area contributed by atoms with E-state index in [1.165, 1.54) is 5.69 Å². The van der Waals surface area contributed by atoms with Gasteiger partial charge >= 0.3 is 0 Å². The van der Waals surface area contributed by atoms with Gasteiger partial charge in [-0.05, 0) is 32.0 Å². The van der Waals surface area contributed by atoms with E-state index >= 15 is 0 Å². The molecule has 2 rings (SSSR count). The Hall–Kier alpha value is -1.38. The molecule has 0 aliphatic carbocycles. The van der Waals surface area contributed by atoms with E-state index in [4.69, 9.17) is 5.73 Å². The number of hydrogen-bond donors (Lipinski definition) is 2. The maximum absolute atomic E-state index is 5.76. The van der Waals surface area contributed by atoms with Gasteiger partial charge in [-0.15, -0.1) is 0 Å². The van der Waals surface area contributed by atoms with Gasteiger partial charge in [-0.25, -0.2) is 0 Å². The Morgan fingerprint density at radius 1 is 1.43 bits per heavy atom. The highest BCUT2D eigenvalue weighted by Crippen LogP contribution is 2.34. The topological polar surface area (TPSA) is 41.3 Å². The number of nitrogens with two attached hydrogens (primary N) is 1. The average Bonchev–Trinajstić information content (AvgIpc) is 2.00. The van der Waals surface area contributed by atoms with Gasteiger partial charge in [0.15, 0.2) is 0 Å². The highest BCUT2D eigenvalue weighted by Gasteiger charge is 2.27. The molecule has 0 radical (unpaired) electrons. The van der Waals surface area contributed by atoms with Crippen molar-refractivity contribution in [1.82, 2.24) is 0 Å². The number of nitrogen functional groups attached to an aromatic ring is 1. The Balaban J connectivity index is 2.46. The fourth-order valence-corrected chi connectivity index (χ4v) is 2.07. The second kappa shape index (κ2) is 2.80. The van der Waals surface area contributed by atoms with Crippen LogP contribution in [0.15, 0.2) is 18.2 Å². The van der Waals surface area contributed by atoms with Crippen molar-refractivity contribution in [3.8, 4) is 0 Å². The van der Waals surface area contributed by atoms with E-state index in [1.807, 2.05) is 12.1 Å². The van der Waals surface area contributed by atoms with Gasteiger partial charge in [0.2, 0.25) is 0 Å². The van der Waals surface area contributed by atoms with Crippen molar-refractivity contribution >= 4 is 17.1 Å². The third kappa shape index (κ3) is 1.50. The molecule has 1 aromatic rings. The third-order valence-electron chi connectivity index (χ3n) is 2.54. The molecule has 0 fully saturated rings. The van der Waals surface area contributed by atoms with Crippen molar-refractivity contribution < 1.29 is 0 Å². The van der Waals surface area contributed by atoms with Crippen LogP contribution in [0.25, 0.3) is 0 Å². The molecule has 0 unspecified atom stereocenters. The highest BCUT2D eigenvalue weighted by molar-refractivity contribution is 5.76. The van der Waals surface area contributed by atoms with Gasteiger partial charge in [0.1, 0.15) is 0 Å². The Morgan fingerprint density at radius 3 is 2.86 bits per heavy atom. The summed E-state index contributed by atoms with van der Waals surface area (Å²) in [6, 6.07) is 6.00. The molecule has 0 atom stereocenters. The molecule has 0 saturated carbocycles. The van der Waals surface area contributed by atoms with Crippen LogP contribution in [0.3, 0.4) is 0 Å². The second-order valence-electron chi connectivity index (χ2n) is 4.64. The number of nitrogens with one attached hydrogen (secondary N) is 1. The van der Waals surface area contributed by atoms with Crippen molar-refractivity contribution in [2.24, 2.45) is 0 Å². The predicted molar refractivity (Wildman–Crippen MR) is 61.8 cm³/mol. The fourth-order valence-electron chi connectivity index (χ4n) is 2.07. The molecule has 14 heavy (non-hydrogen) atoms. The largest absolute Gasteiger partial charge is 0.399 e. The lowest BCUT2D eigenvalue weighted by atomic mass is 10.00. The first-order valence-electron chi connectivity index (χ1n) is 4.87. The summed E-state index contributed by atoms with van der Waals surface area (Å²) in [5, 5.41) is 3.49. The number of fused-ring (bicyclic) bond motifs is 1. The molecule has 0 amide bonds. The van der Waals surface area contributed by atoms with Crippen LogP contribution in [0, 0.1) is 0 Å². The van der Waals surface area contributed by atoms with Crippen molar-refractivity contribution in [3.63, 3.8) is 0 Å². The summed E-state index contributed by atoms with van der Waals surface area (Å²) in [4.78, 5) is 2.26. The summed E-state index contributed by atoms with van der Waals surface area (Å²) >= 11 is 0. The van der Waals surface area contributed by atoms with Crippen LogP contribution in [0.1, 0.15) is 13.8 Å².